The first-order chi connectivity index (χ1) is 9.81. The molecule has 9 heteroatoms. The Bertz CT molecular complexity index is 811. The van der Waals surface area contributed by atoms with Gasteiger partial charge in [-0.05, 0) is 30.3 Å². The highest BCUT2D eigenvalue weighted by molar-refractivity contribution is 7.92. The van der Waals surface area contributed by atoms with E-state index in [1.807, 2.05) is 4.72 Å². The van der Waals surface area contributed by atoms with Gasteiger partial charge in [0.1, 0.15) is 16.3 Å². The zero-order chi connectivity index (χ0) is 15.6. The second-order valence-corrected chi connectivity index (χ2v) is 5.94. The van der Waals surface area contributed by atoms with Crippen LogP contribution in [-0.2, 0) is 10.0 Å². The molecule has 2 rings (SSSR count). The topological polar surface area (TPSA) is 96.4 Å². The van der Waals surface area contributed by atoms with Gasteiger partial charge < -0.3 is 5.11 Å². The van der Waals surface area contributed by atoms with Gasteiger partial charge in [0.05, 0.1) is 5.02 Å². The number of halogens is 2. The average Bonchev–Trinajstić information content (AvgIpc) is 2.37. The third-order valence-corrected chi connectivity index (χ3v) is 4.27. The van der Waals surface area contributed by atoms with Crippen LogP contribution < -0.4 is 4.72 Å². The third-order valence-electron chi connectivity index (χ3n) is 2.45. The van der Waals surface area contributed by atoms with Crippen LogP contribution in [0.15, 0.2) is 41.4 Å². The van der Waals surface area contributed by atoms with E-state index in [4.69, 9.17) is 16.7 Å². The van der Waals surface area contributed by atoms with E-state index >= 15 is 0 Å². The summed E-state index contributed by atoms with van der Waals surface area (Å²) in [7, 11) is -4.19. The SMILES string of the molecule is O=C(O)c1cccnc1NS(=O)(=O)c1ccc(F)cc1Cl. The molecule has 0 unspecified atom stereocenters. The van der Waals surface area contributed by atoms with Gasteiger partial charge in [-0.15, -0.1) is 0 Å². The number of carboxylic acid groups (broad SMARTS) is 1. The monoisotopic (exact) mass is 330 g/mol. The number of hydrogen-bond donors (Lipinski definition) is 2. The van der Waals surface area contributed by atoms with Gasteiger partial charge in [-0.3, -0.25) is 4.72 Å². The number of anilines is 1. The maximum Gasteiger partial charge on any atom is 0.339 e. The van der Waals surface area contributed by atoms with Crippen LogP contribution in [0.1, 0.15) is 10.4 Å². The zero-order valence-corrected chi connectivity index (χ0v) is 11.8. The number of carboxylic acids is 1. The predicted molar refractivity (Wildman–Crippen MR) is 73.4 cm³/mol. The largest absolute Gasteiger partial charge is 0.478 e. The molecule has 0 spiro atoms. The van der Waals surface area contributed by atoms with Crippen molar-refractivity contribution >= 4 is 33.4 Å². The molecule has 0 atom stereocenters. The van der Waals surface area contributed by atoms with Crippen molar-refractivity contribution in [1.82, 2.24) is 4.98 Å². The van der Waals surface area contributed by atoms with E-state index in [1.165, 1.54) is 18.3 Å². The van der Waals surface area contributed by atoms with Crippen molar-refractivity contribution in [2.24, 2.45) is 0 Å². The van der Waals surface area contributed by atoms with Crippen molar-refractivity contribution in [2.75, 3.05) is 4.72 Å². The normalized spacial score (nSPS) is 11.1. The number of aromatic nitrogens is 1. The van der Waals surface area contributed by atoms with Crippen LogP contribution in [0.2, 0.25) is 5.02 Å². The Labute approximate surface area is 124 Å². The summed E-state index contributed by atoms with van der Waals surface area (Å²) in [5.74, 6) is -2.39. The first kappa shape index (κ1) is 15.2. The Morgan fingerprint density at radius 3 is 2.67 bits per heavy atom. The van der Waals surface area contributed by atoms with E-state index in [1.54, 1.807) is 0 Å². The highest BCUT2D eigenvalue weighted by Crippen LogP contribution is 2.25. The van der Waals surface area contributed by atoms with Crippen LogP contribution in [-0.4, -0.2) is 24.5 Å². The minimum Gasteiger partial charge on any atom is -0.478 e. The summed E-state index contributed by atoms with van der Waals surface area (Å²) in [5.41, 5.74) is -0.320. The molecule has 1 aromatic carbocycles. The molecule has 0 amide bonds. The van der Waals surface area contributed by atoms with Gasteiger partial charge in [0.25, 0.3) is 10.0 Å². The fraction of sp³-hybridized carbons (Fsp3) is 0. The van der Waals surface area contributed by atoms with Crippen molar-refractivity contribution < 1.29 is 22.7 Å². The maximum absolute atomic E-state index is 12.9. The molecule has 0 aliphatic carbocycles. The molecule has 110 valence electrons. The number of hydrogen-bond acceptors (Lipinski definition) is 4. The number of nitrogens with one attached hydrogen (secondary N) is 1. The van der Waals surface area contributed by atoms with Crippen molar-refractivity contribution in [2.45, 2.75) is 4.90 Å². The highest BCUT2D eigenvalue weighted by atomic mass is 35.5. The summed E-state index contributed by atoms with van der Waals surface area (Å²) < 4.78 is 39.3. The smallest absolute Gasteiger partial charge is 0.339 e. The minimum atomic E-state index is -4.19. The Hall–Kier alpha value is -2.19. The lowest BCUT2D eigenvalue weighted by molar-refractivity contribution is 0.0697. The molecular formula is C12H8ClFN2O4S. The second kappa shape index (κ2) is 5.66. The molecule has 0 bridgehead atoms. The lowest BCUT2D eigenvalue weighted by Gasteiger charge is -2.10. The Kier molecular flexibility index (Phi) is 4.10. The maximum atomic E-state index is 12.9. The van der Waals surface area contributed by atoms with Gasteiger partial charge in [-0.2, -0.15) is 0 Å². The highest BCUT2D eigenvalue weighted by Gasteiger charge is 2.22. The molecule has 0 aliphatic rings. The molecule has 1 aromatic heterocycles. The standard InChI is InChI=1S/C12H8ClFN2O4S/c13-9-6-7(14)3-4-10(9)21(19,20)16-11-8(12(17)18)2-1-5-15-11/h1-6H,(H,15,16)(H,17,18). The summed E-state index contributed by atoms with van der Waals surface area (Å²) in [6, 6.07) is 5.29. The third kappa shape index (κ3) is 3.29. The molecule has 0 fully saturated rings. The first-order valence-electron chi connectivity index (χ1n) is 5.47. The second-order valence-electron chi connectivity index (χ2n) is 3.88. The molecule has 0 saturated heterocycles. The Morgan fingerprint density at radius 1 is 1.33 bits per heavy atom. The van der Waals surface area contributed by atoms with Crippen molar-refractivity contribution in [3.63, 3.8) is 0 Å². The molecule has 0 radical (unpaired) electrons. The molecule has 0 saturated carbocycles. The summed E-state index contributed by atoms with van der Waals surface area (Å²) in [5, 5.41) is 8.65. The summed E-state index contributed by atoms with van der Waals surface area (Å²) in [6.07, 6.45) is 1.23. The first-order valence-corrected chi connectivity index (χ1v) is 7.33. The lowest BCUT2D eigenvalue weighted by Crippen LogP contribution is -2.17. The molecule has 2 aromatic rings. The van der Waals surface area contributed by atoms with Crippen LogP contribution in [0.4, 0.5) is 10.2 Å². The Morgan fingerprint density at radius 2 is 2.05 bits per heavy atom. The number of carbonyl (C=O) groups is 1. The van der Waals surface area contributed by atoms with E-state index < -0.39 is 21.8 Å². The van der Waals surface area contributed by atoms with Gasteiger partial charge >= 0.3 is 5.97 Å². The summed E-state index contributed by atoms with van der Waals surface area (Å²) in [6.45, 7) is 0. The van der Waals surface area contributed by atoms with Crippen LogP contribution in [0, 0.1) is 5.82 Å². The van der Waals surface area contributed by atoms with Crippen molar-refractivity contribution in [3.8, 4) is 0 Å². The van der Waals surface area contributed by atoms with E-state index in [0.29, 0.717) is 0 Å². The minimum absolute atomic E-state index is 0.320. The van der Waals surface area contributed by atoms with Crippen LogP contribution in [0.5, 0.6) is 0 Å². The van der Waals surface area contributed by atoms with Gasteiger partial charge in [0.15, 0.2) is 5.82 Å². The van der Waals surface area contributed by atoms with Crippen LogP contribution >= 0.6 is 11.6 Å². The van der Waals surface area contributed by atoms with E-state index in [9.17, 15) is 17.6 Å². The molecule has 0 aliphatic heterocycles. The van der Waals surface area contributed by atoms with E-state index in [2.05, 4.69) is 4.98 Å². The molecule has 1 heterocycles. The van der Waals surface area contributed by atoms with Gasteiger partial charge in [0, 0.05) is 6.20 Å². The number of rotatable bonds is 4. The van der Waals surface area contributed by atoms with Crippen molar-refractivity contribution in [1.29, 1.82) is 0 Å². The quantitative estimate of drug-likeness (QED) is 0.897. The van der Waals surface area contributed by atoms with Crippen LogP contribution in [0.25, 0.3) is 0 Å². The number of benzene rings is 1. The zero-order valence-electron chi connectivity index (χ0n) is 10.2. The average molecular weight is 331 g/mol. The Balaban J connectivity index is 2.45. The van der Waals surface area contributed by atoms with Crippen molar-refractivity contribution in [3.05, 3.63) is 52.9 Å². The van der Waals surface area contributed by atoms with Gasteiger partial charge in [-0.1, -0.05) is 11.6 Å². The number of sulfonamides is 1. The predicted octanol–water partition coefficient (Wildman–Crippen LogP) is 2.37. The fourth-order valence-electron chi connectivity index (χ4n) is 1.53. The van der Waals surface area contributed by atoms with Gasteiger partial charge in [-0.25, -0.2) is 22.6 Å². The summed E-state index contributed by atoms with van der Waals surface area (Å²) >= 11 is 5.69. The molecular weight excluding hydrogens is 323 g/mol. The molecule has 6 nitrogen and oxygen atoms in total. The molecule has 21 heavy (non-hydrogen) atoms. The lowest BCUT2D eigenvalue weighted by atomic mass is 10.3. The summed E-state index contributed by atoms with van der Waals surface area (Å²) in [4.78, 5) is 14.3. The van der Waals surface area contributed by atoms with E-state index in [0.717, 1.165) is 18.2 Å². The number of aromatic carboxylic acids is 1. The molecule has 2 N–H and O–H groups in total. The number of nitrogens with zero attached hydrogens (tertiary/aromatic N) is 1. The fourth-order valence-corrected chi connectivity index (χ4v) is 3.10. The number of pyridine rings is 1. The van der Waals surface area contributed by atoms with Crippen LogP contribution in [0.3, 0.4) is 0 Å². The van der Waals surface area contributed by atoms with Gasteiger partial charge in [0.2, 0.25) is 0 Å². The van der Waals surface area contributed by atoms with E-state index in [-0.39, 0.29) is 21.3 Å².